The third-order valence-electron chi connectivity index (χ3n) is 5.59. The molecule has 5 heterocycles. The first-order valence-electron chi connectivity index (χ1n) is 11.1. The Morgan fingerprint density at radius 2 is 2.09 bits per heavy atom. The van der Waals surface area contributed by atoms with E-state index < -0.39 is 0 Å². The van der Waals surface area contributed by atoms with Crippen molar-refractivity contribution in [3.8, 4) is 22.0 Å². The van der Waals surface area contributed by atoms with Crippen LogP contribution in [-0.4, -0.2) is 36.7 Å². The Hall–Kier alpha value is -3.88. The summed E-state index contributed by atoms with van der Waals surface area (Å²) < 4.78 is 0. The Balaban J connectivity index is 1.59. The summed E-state index contributed by atoms with van der Waals surface area (Å²) in [5, 5.41) is 14.9. The molecule has 5 aromatic rings. The number of thiophene rings is 1. The van der Waals surface area contributed by atoms with Crippen LogP contribution in [0.4, 0.5) is 0 Å². The van der Waals surface area contributed by atoms with Gasteiger partial charge in [0.05, 0.1) is 17.1 Å². The second-order valence-corrected chi connectivity index (χ2v) is 8.81. The zero-order valence-corrected chi connectivity index (χ0v) is 19.9. The quantitative estimate of drug-likeness (QED) is 0.338. The average Bonchev–Trinajstić information content (AvgIpc) is 3.62. The number of fused-ring (bicyclic) bond motifs is 1. The lowest BCUT2D eigenvalue weighted by atomic mass is 10.1. The van der Waals surface area contributed by atoms with E-state index in [0.29, 0.717) is 5.82 Å². The van der Waals surface area contributed by atoms with Crippen molar-refractivity contribution in [1.82, 2.24) is 35.5 Å². The molecule has 0 aromatic carbocycles. The Labute approximate surface area is 201 Å². The predicted octanol–water partition coefficient (Wildman–Crippen LogP) is 3.88. The van der Waals surface area contributed by atoms with E-state index in [4.69, 9.17) is 4.98 Å². The van der Waals surface area contributed by atoms with Gasteiger partial charge in [0.1, 0.15) is 11.2 Å². The number of pyridine rings is 2. The standard InChI is InChI=1S/C26H25N7S/c1-4-21-19(9-16(3)18-10-17(11-27-5-2)12-28-13-18)25(33-32-21)26-30-22-15-29-14-20(24(22)31-26)23-7-6-8-34-23/h4,6-10,12-15,27,32H,3,5,11H2,1-2H3,(H,30,31)/b19-9+,21-4+. The molecule has 0 fully saturated rings. The topological polar surface area (TPSA) is 95.2 Å². The van der Waals surface area contributed by atoms with Gasteiger partial charge < -0.3 is 10.3 Å². The van der Waals surface area contributed by atoms with Crippen LogP contribution in [0.2, 0.25) is 0 Å². The molecule has 0 atom stereocenters. The van der Waals surface area contributed by atoms with Gasteiger partial charge in [0.15, 0.2) is 5.82 Å². The van der Waals surface area contributed by atoms with Crippen LogP contribution in [0.3, 0.4) is 0 Å². The molecule has 170 valence electrons. The molecule has 0 radical (unpaired) electrons. The number of aromatic amines is 2. The number of aromatic nitrogens is 6. The van der Waals surface area contributed by atoms with Crippen molar-refractivity contribution in [3.05, 3.63) is 76.6 Å². The van der Waals surface area contributed by atoms with Crippen LogP contribution < -0.4 is 15.9 Å². The molecule has 0 saturated heterocycles. The van der Waals surface area contributed by atoms with Crippen molar-refractivity contribution in [1.29, 1.82) is 0 Å². The second-order valence-electron chi connectivity index (χ2n) is 7.87. The SMILES string of the molecule is C=C(/C=c1/c(-c2nc3c(-c4cccs4)cncc3[nH]2)n[nH]/c1=C/C)c1cncc(CNCC)c1. The minimum absolute atomic E-state index is 0.684. The first kappa shape index (κ1) is 21.9. The average molecular weight is 468 g/mol. The lowest BCUT2D eigenvalue weighted by Gasteiger charge is -2.05. The number of hydrogen-bond donors (Lipinski definition) is 3. The molecule has 0 aliphatic heterocycles. The van der Waals surface area contributed by atoms with Gasteiger partial charge >= 0.3 is 0 Å². The summed E-state index contributed by atoms with van der Waals surface area (Å²) in [7, 11) is 0. The van der Waals surface area contributed by atoms with Crippen LogP contribution in [0, 0.1) is 0 Å². The third kappa shape index (κ3) is 4.21. The largest absolute Gasteiger partial charge is 0.335 e. The molecule has 3 N–H and O–H groups in total. The summed E-state index contributed by atoms with van der Waals surface area (Å²) in [5.41, 5.74) is 6.44. The summed E-state index contributed by atoms with van der Waals surface area (Å²) in [5.74, 6) is 0.684. The van der Waals surface area contributed by atoms with Crippen molar-refractivity contribution in [2.75, 3.05) is 6.54 Å². The highest BCUT2D eigenvalue weighted by atomic mass is 32.1. The van der Waals surface area contributed by atoms with E-state index in [1.165, 1.54) is 0 Å². The summed E-state index contributed by atoms with van der Waals surface area (Å²) in [4.78, 5) is 18.3. The van der Waals surface area contributed by atoms with Crippen LogP contribution in [0.15, 0.2) is 54.9 Å². The Morgan fingerprint density at radius 1 is 1.21 bits per heavy atom. The summed E-state index contributed by atoms with van der Waals surface area (Å²) in [6.45, 7) is 10.1. The first-order valence-corrected chi connectivity index (χ1v) is 12.0. The van der Waals surface area contributed by atoms with Gasteiger partial charge in [0.2, 0.25) is 0 Å². The van der Waals surface area contributed by atoms with Crippen LogP contribution in [0.5, 0.6) is 0 Å². The van der Waals surface area contributed by atoms with E-state index in [9.17, 15) is 0 Å². The predicted molar refractivity (Wildman–Crippen MR) is 139 cm³/mol. The molecule has 7 nitrogen and oxygen atoms in total. The number of rotatable bonds is 7. The maximum Gasteiger partial charge on any atom is 0.159 e. The molecule has 5 aromatic heterocycles. The van der Waals surface area contributed by atoms with Gasteiger partial charge in [-0.05, 0) is 53.8 Å². The van der Waals surface area contributed by atoms with E-state index >= 15 is 0 Å². The van der Waals surface area contributed by atoms with Crippen molar-refractivity contribution >= 4 is 40.1 Å². The monoisotopic (exact) mass is 467 g/mol. The molecule has 0 aliphatic rings. The molecule has 0 amide bonds. The number of H-pyrrole nitrogens is 2. The molecule has 0 spiro atoms. The van der Waals surface area contributed by atoms with Gasteiger partial charge in [-0.25, -0.2) is 4.98 Å². The maximum absolute atomic E-state index is 4.92. The Kier molecular flexibility index (Phi) is 6.16. The highest BCUT2D eigenvalue weighted by Gasteiger charge is 2.15. The van der Waals surface area contributed by atoms with E-state index in [2.05, 4.69) is 61.5 Å². The zero-order chi connectivity index (χ0) is 23.5. The van der Waals surface area contributed by atoms with E-state index in [1.807, 2.05) is 43.7 Å². The van der Waals surface area contributed by atoms with E-state index in [1.54, 1.807) is 17.5 Å². The lowest BCUT2D eigenvalue weighted by Crippen LogP contribution is -2.23. The highest BCUT2D eigenvalue weighted by Crippen LogP contribution is 2.30. The van der Waals surface area contributed by atoms with Crippen LogP contribution in [-0.2, 0) is 6.54 Å². The van der Waals surface area contributed by atoms with E-state index in [0.717, 1.165) is 67.5 Å². The van der Waals surface area contributed by atoms with Gasteiger partial charge in [-0.3, -0.25) is 15.1 Å². The van der Waals surface area contributed by atoms with Crippen molar-refractivity contribution in [3.63, 3.8) is 0 Å². The lowest BCUT2D eigenvalue weighted by molar-refractivity contribution is 0.724. The molecule has 0 aliphatic carbocycles. The number of imidazole rings is 1. The minimum Gasteiger partial charge on any atom is -0.335 e. The summed E-state index contributed by atoms with van der Waals surface area (Å²) >= 11 is 1.67. The molecule has 5 rings (SSSR count). The van der Waals surface area contributed by atoms with Crippen LogP contribution >= 0.6 is 11.3 Å². The fourth-order valence-electron chi connectivity index (χ4n) is 3.85. The molecular weight excluding hydrogens is 442 g/mol. The highest BCUT2D eigenvalue weighted by molar-refractivity contribution is 7.13. The fraction of sp³-hybridized carbons (Fsp3) is 0.154. The number of hydrogen-bond acceptors (Lipinski definition) is 6. The van der Waals surface area contributed by atoms with Crippen molar-refractivity contribution in [2.45, 2.75) is 20.4 Å². The van der Waals surface area contributed by atoms with Gasteiger partial charge in [0, 0.05) is 40.8 Å². The van der Waals surface area contributed by atoms with Crippen molar-refractivity contribution < 1.29 is 0 Å². The van der Waals surface area contributed by atoms with Gasteiger partial charge in [-0.15, -0.1) is 11.3 Å². The van der Waals surface area contributed by atoms with Crippen molar-refractivity contribution in [2.24, 2.45) is 0 Å². The molecule has 0 bridgehead atoms. The number of allylic oxidation sites excluding steroid dienone is 1. The molecular formula is C26H25N7S. The Morgan fingerprint density at radius 3 is 2.88 bits per heavy atom. The van der Waals surface area contributed by atoms with Gasteiger partial charge in [-0.2, -0.15) is 5.10 Å². The smallest absolute Gasteiger partial charge is 0.159 e. The number of nitrogens with zero attached hydrogens (tertiary/aromatic N) is 4. The second kappa shape index (κ2) is 9.54. The van der Waals surface area contributed by atoms with E-state index in [-0.39, 0.29) is 0 Å². The molecule has 0 unspecified atom stereocenters. The minimum atomic E-state index is 0.684. The molecule has 8 heteroatoms. The van der Waals surface area contributed by atoms with Gasteiger partial charge in [-0.1, -0.05) is 25.6 Å². The third-order valence-corrected chi connectivity index (χ3v) is 6.49. The first-order chi connectivity index (χ1) is 16.7. The summed E-state index contributed by atoms with van der Waals surface area (Å²) in [6.07, 6.45) is 11.4. The molecule has 34 heavy (non-hydrogen) atoms. The number of nitrogens with one attached hydrogen (secondary N) is 3. The zero-order valence-electron chi connectivity index (χ0n) is 19.1. The fourth-order valence-corrected chi connectivity index (χ4v) is 4.59. The van der Waals surface area contributed by atoms with Crippen LogP contribution in [0.1, 0.15) is 25.0 Å². The van der Waals surface area contributed by atoms with Gasteiger partial charge in [0.25, 0.3) is 0 Å². The van der Waals surface area contributed by atoms with Crippen LogP contribution in [0.25, 0.3) is 50.7 Å². The Bertz CT molecular complexity index is 1580. The summed E-state index contributed by atoms with van der Waals surface area (Å²) in [6, 6.07) is 6.23. The maximum atomic E-state index is 4.92. The normalized spacial score (nSPS) is 12.6. The molecule has 0 saturated carbocycles.